The van der Waals surface area contributed by atoms with Crippen LogP contribution in [0.3, 0.4) is 0 Å². The van der Waals surface area contributed by atoms with Gasteiger partial charge in [0.2, 0.25) is 0 Å². The Hall–Kier alpha value is -1.84. The highest BCUT2D eigenvalue weighted by Gasteiger charge is 2.29. The van der Waals surface area contributed by atoms with Crippen LogP contribution in [0.25, 0.3) is 0 Å². The lowest BCUT2D eigenvalue weighted by Gasteiger charge is -2.19. The Morgan fingerprint density at radius 2 is 2.06 bits per heavy atom. The van der Waals surface area contributed by atoms with Crippen molar-refractivity contribution >= 4 is 18.0 Å². The van der Waals surface area contributed by atoms with E-state index in [1.807, 2.05) is 31.2 Å². The van der Waals surface area contributed by atoms with Gasteiger partial charge in [0, 0.05) is 31.7 Å². The predicted molar refractivity (Wildman–Crippen MR) is 66.2 cm³/mol. The van der Waals surface area contributed by atoms with Gasteiger partial charge in [-0.25, -0.2) is 4.79 Å². The minimum atomic E-state index is 0.00106. The molecule has 1 heterocycles. The number of aryl methyl sites for hydroxylation is 1. The second-order valence-electron chi connectivity index (χ2n) is 4.16. The Bertz CT molecular complexity index is 431. The van der Waals surface area contributed by atoms with E-state index >= 15 is 0 Å². The predicted octanol–water partition coefficient (Wildman–Crippen LogP) is 1.83. The fraction of sp³-hybridized carbons (Fsp3) is 0.385. The molecule has 4 nitrogen and oxygen atoms in total. The van der Waals surface area contributed by atoms with E-state index in [1.165, 1.54) is 0 Å². The summed E-state index contributed by atoms with van der Waals surface area (Å²) in [5.74, 6) is 0. The molecule has 2 amide bonds. The van der Waals surface area contributed by atoms with Gasteiger partial charge in [0.05, 0.1) is 0 Å². The van der Waals surface area contributed by atoms with Gasteiger partial charge in [-0.3, -0.25) is 4.90 Å². The molecule has 0 saturated carbocycles. The molecular formula is C13H16N2O2. The third-order valence-corrected chi connectivity index (χ3v) is 3.02. The lowest BCUT2D eigenvalue weighted by Crippen LogP contribution is -2.32. The standard InChI is InChI=1S/C13H16N2O2/c1-11-5-2-3-6-12(11)15-9-8-14(13(15)17)7-4-10-16/h2-3,5-6,10H,4,7-9H2,1H3. The Morgan fingerprint density at radius 1 is 1.29 bits per heavy atom. The van der Waals surface area contributed by atoms with Crippen molar-refractivity contribution in [2.24, 2.45) is 0 Å². The molecule has 1 aliphatic rings. The molecule has 90 valence electrons. The normalized spacial score (nSPS) is 15.5. The van der Waals surface area contributed by atoms with E-state index in [1.54, 1.807) is 9.80 Å². The minimum absolute atomic E-state index is 0.00106. The highest BCUT2D eigenvalue weighted by atomic mass is 16.2. The smallest absolute Gasteiger partial charge is 0.322 e. The molecule has 1 aromatic carbocycles. The first-order valence-corrected chi connectivity index (χ1v) is 5.79. The molecule has 2 rings (SSSR count). The summed E-state index contributed by atoms with van der Waals surface area (Å²) in [5, 5.41) is 0. The van der Waals surface area contributed by atoms with Crippen LogP contribution in [0.5, 0.6) is 0 Å². The number of anilines is 1. The van der Waals surface area contributed by atoms with Crippen LogP contribution in [-0.4, -0.2) is 36.9 Å². The average molecular weight is 232 g/mol. The number of nitrogens with zero attached hydrogens (tertiary/aromatic N) is 2. The molecular weight excluding hydrogens is 216 g/mol. The fourth-order valence-corrected chi connectivity index (χ4v) is 2.09. The molecule has 1 aromatic rings. The quantitative estimate of drug-likeness (QED) is 0.743. The zero-order valence-electron chi connectivity index (χ0n) is 9.93. The number of carbonyl (C=O) groups excluding carboxylic acids is 2. The summed E-state index contributed by atoms with van der Waals surface area (Å²) in [4.78, 5) is 25.9. The Kier molecular flexibility index (Phi) is 3.42. The number of para-hydroxylation sites is 1. The number of rotatable bonds is 4. The summed E-state index contributed by atoms with van der Waals surface area (Å²) in [6.07, 6.45) is 1.26. The molecule has 4 heteroatoms. The van der Waals surface area contributed by atoms with Crippen LogP contribution in [0.15, 0.2) is 24.3 Å². The maximum Gasteiger partial charge on any atom is 0.324 e. The van der Waals surface area contributed by atoms with Crippen molar-refractivity contribution in [2.45, 2.75) is 13.3 Å². The molecule has 1 saturated heterocycles. The van der Waals surface area contributed by atoms with E-state index in [2.05, 4.69) is 0 Å². The lowest BCUT2D eigenvalue weighted by atomic mass is 10.2. The van der Waals surface area contributed by atoms with Crippen LogP contribution in [0.1, 0.15) is 12.0 Å². The molecule has 0 aromatic heterocycles. The van der Waals surface area contributed by atoms with Crippen molar-refractivity contribution in [1.29, 1.82) is 0 Å². The van der Waals surface area contributed by atoms with Crippen molar-refractivity contribution in [3.05, 3.63) is 29.8 Å². The monoisotopic (exact) mass is 232 g/mol. The topological polar surface area (TPSA) is 40.6 Å². The zero-order valence-corrected chi connectivity index (χ0v) is 9.93. The van der Waals surface area contributed by atoms with Crippen LogP contribution in [0, 0.1) is 6.92 Å². The molecule has 0 unspecified atom stereocenters. The maximum absolute atomic E-state index is 12.1. The highest BCUT2D eigenvalue weighted by Crippen LogP contribution is 2.23. The highest BCUT2D eigenvalue weighted by molar-refractivity contribution is 5.94. The zero-order chi connectivity index (χ0) is 12.3. The van der Waals surface area contributed by atoms with Crippen LogP contribution >= 0.6 is 0 Å². The lowest BCUT2D eigenvalue weighted by molar-refractivity contribution is -0.108. The number of aldehydes is 1. The Balaban J connectivity index is 2.12. The van der Waals surface area contributed by atoms with Crippen LogP contribution in [0.4, 0.5) is 10.5 Å². The summed E-state index contributed by atoms with van der Waals surface area (Å²) in [5.41, 5.74) is 2.06. The second kappa shape index (κ2) is 4.99. The second-order valence-corrected chi connectivity index (χ2v) is 4.16. The number of amides is 2. The van der Waals surface area contributed by atoms with Gasteiger partial charge < -0.3 is 9.69 Å². The first-order chi connectivity index (χ1) is 8.24. The SMILES string of the molecule is Cc1ccccc1N1CCN(CCC=O)C1=O. The van der Waals surface area contributed by atoms with Crippen molar-refractivity contribution in [1.82, 2.24) is 4.90 Å². The largest absolute Gasteiger partial charge is 0.324 e. The van der Waals surface area contributed by atoms with Gasteiger partial charge in [-0.05, 0) is 18.6 Å². The summed E-state index contributed by atoms with van der Waals surface area (Å²) in [7, 11) is 0. The molecule has 1 fully saturated rings. The van der Waals surface area contributed by atoms with Crippen molar-refractivity contribution in [3.8, 4) is 0 Å². The van der Waals surface area contributed by atoms with E-state index < -0.39 is 0 Å². The summed E-state index contributed by atoms with van der Waals surface area (Å²) < 4.78 is 0. The number of carbonyl (C=O) groups is 2. The number of benzene rings is 1. The number of hydrogen-bond acceptors (Lipinski definition) is 2. The van der Waals surface area contributed by atoms with Crippen molar-refractivity contribution in [3.63, 3.8) is 0 Å². The number of urea groups is 1. The number of hydrogen-bond donors (Lipinski definition) is 0. The third-order valence-electron chi connectivity index (χ3n) is 3.02. The van der Waals surface area contributed by atoms with E-state index in [0.717, 1.165) is 17.5 Å². The Labute approximate surface area is 101 Å². The molecule has 17 heavy (non-hydrogen) atoms. The molecule has 1 aliphatic heterocycles. The van der Waals surface area contributed by atoms with E-state index in [0.29, 0.717) is 26.1 Å². The van der Waals surface area contributed by atoms with Gasteiger partial charge in [0.15, 0.2) is 0 Å². The van der Waals surface area contributed by atoms with Gasteiger partial charge >= 0.3 is 6.03 Å². The van der Waals surface area contributed by atoms with Crippen LogP contribution in [-0.2, 0) is 4.79 Å². The van der Waals surface area contributed by atoms with Gasteiger partial charge in [-0.1, -0.05) is 18.2 Å². The molecule has 0 N–H and O–H groups in total. The first-order valence-electron chi connectivity index (χ1n) is 5.79. The first kappa shape index (κ1) is 11.6. The van der Waals surface area contributed by atoms with E-state index in [9.17, 15) is 9.59 Å². The molecule has 0 aliphatic carbocycles. The van der Waals surface area contributed by atoms with Crippen molar-refractivity contribution in [2.75, 3.05) is 24.5 Å². The molecule has 0 atom stereocenters. The average Bonchev–Trinajstić information content (AvgIpc) is 2.69. The minimum Gasteiger partial charge on any atom is -0.322 e. The van der Waals surface area contributed by atoms with Crippen LogP contribution in [0.2, 0.25) is 0 Å². The molecule has 0 bridgehead atoms. The third kappa shape index (κ3) is 2.30. The fourth-order valence-electron chi connectivity index (χ4n) is 2.09. The van der Waals surface area contributed by atoms with Gasteiger partial charge in [0.25, 0.3) is 0 Å². The maximum atomic E-state index is 12.1. The summed E-state index contributed by atoms with van der Waals surface area (Å²) >= 11 is 0. The summed E-state index contributed by atoms with van der Waals surface area (Å²) in [6, 6.07) is 7.85. The molecule has 0 radical (unpaired) electrons. The van der Waals surface area contributed by atoms with Gasteiger partial charge in [-0.15, -0.1) is 0 Å². The summed E-state index contributed by atoms with van der Waals surface area (Å²) in [6.45, 7) is 3.91. The van der Waals surface area contributed by atoms with Gasteiger partial charge in [0.1, 0.15) is 6.29 Å². The molecule has 0 spiro atoms. The Morgan fingerprint density at radius 3 is 2.76 bits per heavy atom. The van der Waals surface area contributed by atoms with Crippen LogP contribution < -0.4 is 4.90 Å². The van der Waals surface area contributed by atoms with E-state index in [4.69, 9.17) is 0 Å². The van der Waals surface area contributed by atoms with Gasteiger partial charge in [-0.2, -0.15) is 0 Å². The van der Waals surface area contributed by atoms with E-state index in [-0.39, 0.29) is 6.03 Å². The van der Waals surface area contributed by atoms with Crippen molar-refractivity contribution < 1.29 is 9.59 Å².